The minimum absolute atomic E-state index is 0.647. The van der Waals surface area contributed by atoms with Crippen molar-refractivity contribution in [2.45, 2.75) is 31.5 Å². The molecule has 13 heavy (non-hydrogen) atoms. The van der Waals surface area contributed by atoms with Gasteiger partial charge in [-0.3, -0.25) is 0 Å². The third-order valence-electron chi connectivity index (χ3n) is 2.16. The van der Waals surface area contributed by atoms with Gasteiger partial charge in [0.05, 0.1) is 3.79 Å². The van der Waals surface area contributed by atoms with E-state index in [1.807, 2.05) is 11.3 Å². The Balaban J connectivity index is 2.49. The summed E-state index contributed by atoms with van der Waals surface area (Å²) >= 11 is 9.02. The molecular formula is C10H14Br2S. The molecule has 1 aromatic heterocycles. The molecule has 3 heteroatoms. The smallest absolute Gasteiger partial charge is 0.0701 e. The topological polar surface area (TPSA) is 0 Å². The fourth-order valence-corrected chi connectivity index (χ4v) is 3.12. The van der Waals surface area contributed by atoms with Gasteiger partial charge < -0.3 is 0 Å². The average molecular weight is 326 g/mol. The third-order valence-corrected chi connectivity index (χ3v) is 5.36. The molecule has 0 amide bonds. The first-order valence-electron chi connectivity index (χ1n) is 4.51. The van der Waals surface area contributed by atoms with E-state index in [2.05, 4.69) is 57.8 Å². The molecule has 1 heterocycles. The summed E-state index contributed by atoms with van der Waals surface area (Å²) in [6.45, 7) is 4.52. The maximum Gasteiger partial charge on any atom is 0.0701 e. The summed E-state index contributed by atoms with van der Waals surface area (Å²) in [7, 11) is 0. The monoisotopic (exact) mass is 324 g/mol. The average Bonchev–Trinajstić information content (AvgIpc) is 2.49. The first-order chi connectivity index (χ1) is 6.13. The first-order valence-corrected chi connectivity index (χ1v) is 7.04. The molecule has 0 spiro atoms. The van der Waals surface area contributed by atoms with Gasteiger partial charge in [0.15, 0.2) is 0 Å². The van der Waals surface area contributed by atoms with Gasteiger partial charge in [-0.25, -0.2) is 0 Å². The van der Waals surface area contributed by atoms with Crippen LogP contribution in [0.4, 0.5) is 0 Å². The highest BCUT2D eigenvalue weighted by molar-refractivity contribution is 9.11. The van der Waals surface area contributed by atoms with Gasteiger partial charge in [-0.05, 0) is 46.8 Å². The minimum atomic E-state index is 0.647. The van der Waals surface area contributed by atoms with E-state index in [0.29, 0.717) is 4.83 Å². The highest BCUT2D eigenvalue weighted by Crippen LogP contribution is 2.27. The van der Waals surface area contributed by atoms with Crippen molar-refractivity contribution in [3.8, 4) is 0 Å². The summed E-state index contributed by atoms with van der Waals surface area (Å²) in [5, 5.41) is 0. The fraction of sp³-hybridized carbons (Fsp3) is 0.600. The van der Waals surface area contributed by atoms with Crippen molar-refractivity contribution >= 4 is 43.2 Å². The second kappa shape index (κ2) is 5.52. The van der Waals surface area contributed by atoms with Crippen molar-refractivity contribution in [3.05, 3.63) is 20.8 Å². The lowest BCUT2D eigenvalue weighted by molar-refractivity contribution is 0.549. The summed E-state index contributed by atoms with van der Waals surface area (Å²) in [6.07, 6.45) is 2.38. The molecule has 0 nitrogen and oxygen atoms in total. The molecule has 0 saturated heterocycles. The molecular weight excluding hydrogens is 312 g/mol. The highest BCUT2D eigenvalue weighted by Gasteiger charge is 2.13. The summed E-state index contributed by atoms with van der Waals surface area (Å²) < 4.78 is 1.23. The van der Waals surface area contributed by atoms with E-state index in [0.717, 1.165) is 5.92 Å². The zero-order chi connectivity index (χ0) is 9.84. The Morgan fingerprint density at radius 2 is 2.15 bits per heavy atom. The maximum atomic E-state index is 3.70. The van der Waals surface area contributed by atoms with Crippen molar-refractivity contribution in [2.75, 3.05) is 0 Å². The predicted molar refractivity (Wildman–Crippen MR) is 67.9 cm³/mol. The fourth-order valence-electron chi connectivity index (χ4n) is 1.31. The maximum absolute atomic E-state index is 3.70. The second-order valence-corrected chi connectivity index (χ2v) is 7.04. The van der Waals surface area contributed by atoms with Crippen molar-refractivity contribution in [3.63, 3.8) is 0 Å². The highest BCUT2D eigenvalue weighted by atomic mass is 79.9. The van der Waals surface area contributed by atoms with E-state index in [1.165, 1.54) is 21.5 Å². The van der Waals surface area contributed by atoms with Crippen molar-refractivity contribution in [1.82, 2.24) is 0 Å². The Hall–Kier alpha value is 0.660. The van der Waals surface area contributed by atoms with Crippen LogP contribution in [-0.4, -0.2) is 4.83 Å². The van der Waals surface area contributed by atoms with E-state index >= 15 is 0 Å². The predicted octanol–water partition coefficient (Wildman–Crippen LogP) is 4.86. The van der Waals surface area contributed by atoms with Gasteiger partial charge in [0.1, 0.15) is 0 Å². The molecule has 2 unspecified atom stereocenters. The van der Waals surface area contributed by atoms with Crippen LogP contribution in [0.5, 0.6) is 0 Å². The van der Waals surface area contributed by atoms with Crippen LogP contribution in [0.25, 0.3) is 0 Å². The van der Waals surface area contributed by atoms with Gasteiger partial charge in [-0.2, -0.15) is 0 Å². The summed E-state index contributed by atoms with van der Waals surface area (Å²) in [4.78, 5) is 2.12. The van der Waals surface area contributed by atoms with Crippen LogP contribution < -0.4 is 0 Å². The van der Waals surface area contributed by atoms with E-state index in [-0.39, 0.29) is 0 Å². The molecule has 0 fully saturated rings. The van der Waals surface area contributed by atoms with Crippen LogP contribution in [0.2, 0.25) is 0 Å². The molecule has 0 aliphatic rings. The molecule has 2 atom stereocenters. The molecule has 0 saturated carbocycles. The Morgan fingerprint density at radius 1 is 1.46 bits per heavy atom. The van der Waals surface area contributed by atoms with Gasteiger partial charge >= 0.3 is 0 Å². The van der Waals surface area contributed by atoms with E-state index in [1.54, 1.807) is 0 Å². The Labute approximate surface area is 101 Å². The zero-order valence-corrected chi connectivity index (χ0v) is 11.9. The summed E-state index contributed by atoms with van der Waals surface area (Å²) in [6, 6.07) is 4.34. The lowest BCUT2D eigenvalue weighted by Gasteiger charge is -2.15. The SMILES string of the molecule is CCC(Br)C(C)Cc1ccc(Br)s1. The second-order valence-electron chi connectivity index (χ2n) is 3.31. The number of halogens is 2. The quantitative estimate of drug-likeness (QED) is 0.693. The molecule has 74 valence electrons. The molecule has 0 N–H and O–H groups in total. The van der Waals surface area contributed by atoms with Gasteiger partial charge in [-0.1, -0.05) is 29.8 Å². The first kappa shape index (κ1) is 11.7. The lowest BCUT2D eigenvalue weighted by atomic mass is 10.0. The molecule has 0 bridgehead atoms. The number of rotatable bonds is 4. The molecule has 0 aliphatic carbocycles. The summed E-state index contributed by atoms with van der Waals surface area (Å²) in [5.41, 5.74) is 0. The van der Waals surface area contributed by atoms with Crippen molar-refractivity contribution in [2.24, 2.45) is 5.92 Å². The molecule has 1 aromatic rings. The number of hydrogen-bond acceptors (Lipinski definition) is 1. The van der Waals surface area contributed by atoms with Crippen LogP contribution >= 0.6 is 43.2 Å². The largest absolute Gasteiger partial charge is 0.133 e. The molecule has 1 rings (SSSR count). The van der Waals surface area contributed by atoms with Crippen molar-refractivity contribution < 1.29 is 0 Å². The Kier molecular flexibility index (Phi) is 4.98. The Bertz CT molecular complexity index is 257. The third kappa shape index (κ3) is 3.72. The van der Waals surface area contributed by atoms with E-state index < -0.39 is 0 Å². The Morgan fingerprint density at radius 3 is 2.62 bits per heavy atom. The number of hydrogen-bond donors (Lipinski definition) is 0. The van der Waals surface area contributed by atoms with Crippen molar-refractivity contribution in [1.29, 1.82) is 0 Å². The minimum Gasteiger partial charge on any atom is -0.133 e. The van der Waals surface area contributed by atoms with Gasteiger partial charge in [0, 0.05) is 9.70 Å². The van der Waals surface area contributed by atoms with E-state index in [9.17, 15) is 0 Å². The van der Waals surface area contributed by atoms with Crippen LogP contribution in [0.3, 0.4) is 0 Å². The van der Waals surface area contributed by atoms with Gasteiger partial charge in [0.2, 0.25) is 0 Å². The molecule has 0 radical (unpaired) electrons. The lowest BCUT2D eigenvalue weighted by Crippen LogP contribution is -2.11. The zero-order valence-electron chi connectivity index (χ0n) is 7.89. The van der Waals surface area contributed by atoms with Crippen LogP contribution in [0.15, 0.2) is 15.9 Å². The van der Waals surface area contributed by atoms with Crippen LogP contribution in [0, 0.1) is 5.92 Å². The van der Waals surface area contributed by atoms with E-state index in [4.69, 9.17) is 0 Å². The molecule has 0 aromatic carbocycles. The summed E-state index contributed by atoms with van der Waals surface area (Å²) in [5.74, 6) is 0.718. The van der Waals surface area contributed by atoms with Gasteiger partial charge in [-0.15, -0.1) is 11.3 Å². The number of thiophene rings is 1. The standard InChI is InChI=1S/C10H14Br2S/c1-3-9(11)7(2)6-8-4-5-10(12)13-8/h4-5,7,9H,3,6H2,1-2H3. The number of alkyl halides is 1. The van der Waals surface area contributed by atoms with Gasteiger partial charge in [0.25, 0.3) is 0 Å². The normalized spacial score (nSPS) is 15.7. The van der Waals surface area contributed by atoms with Crippen LogP contribution in [-0.2, 0) is 6.42 Å². The molecule has 0 aliphatic heterocycles. The van der Waals surface area contributed by atoms with Crippen LogP contribution in [0.1, 0.15) is 25.1 Å².